The van der Waals surface area contributed by atoms with E-state index < -0.39 is 4.92 Å². The first kappa shape index (κ1) is 18.6. The summed E-state index contributed by atoms with van der Waals surface area (Å²) in [6, 6.07) is 2.99. The Kier molecular flexibility index (Phi) is 5.86. The molecule has 1 aromatic heterocycles. The molecule has 25 heavy (non-hydrogen) atoms. The van der Waals surface area contributed by atoms with Gasteiger partial charge in [-0.25, -0.2) is 0 Å². The van der Waals surface area contributed by atoms with Crippen LogP contribution in [0.3, 0.4) is 0 Å². The van der Waals surface area contributed by atoms with Gasteiger partial charge in [-0.2, -0.15) is 14.9 Å². The molecule has 2 aromatic rings. The number of aryl methyl sites for hydroxylation is 1. The number of benzene rings is 1. The SMILES string of the molecule is CCc1n[nH]c(=S)n1/N=C\c1cc(OC)c(OC(C)C)c([N+](=O)[O-])c1. The van der Waals surface area contributed by atoms with Gasteiger partial charge in [-0.1, -0.05) is 6.92 Å². The van der Waals surface area contributed by atoms with Crippen LogP contribution in [0.15, 0.2) is 17.2 Å². The van der Waals surface area contributed by atoms with E-state index in [1.807, 2.05) is 6.92 Å². The molecule has 9 nitrogen and oxygen atoms in total. The van der Waals surface area contributed by atoms with Crippen molar-refractivity contribution in [3.05, 3.63) is 38.4 Å². The van der Waals surface area contributed by atoms with Crippen LogP contribution in [-0.4, -0.2) is 39.2 Å². The second-order valence-corrected chi connectivity index (χ2v) is 5.74. The van der Waals surface area contributed by atoms with Crippen LogP contribution in [0, 0.1) is 14.9 Å². The fourth-order valence-electron chi connectivity index (χ4n) is 2.12. The number of aromatic amines is 1. The zero-order valence-electron chi connectivity index (χ0n) is 14.3. The number of H-pyrrole nitrogens is 1. The lowest BCUT2D eigenvalue weighted by Gasteiger charge is -2.14. The third kappa shape index (κ3) is 4.21. The smallest absolute Gasteiger partial charge is 0.315 e. The molecule has 1 N–H and O–H groups in total. The first-order valence-corrected chi connectivity index (χ1v) is 8.01. The number of nitrogens with one attached hydrogen (secondary N) is 1. The quantitative estimate of drug-likeness (QED) is 0.350. The third-order valence-corrected chi connectivity index (χ3v) is 3.45. The highest BCUT2D eigenvalue weighted by atomic mass is 32.1. The monoisotopic (exact) mass is 365 g/mol. The molecule has 0 unspecified atom stereocenters. The predicted molar refractivity (Wildman–Crippen MR) is 95.2 cm³/mol. The van der Waals surface area contributed by atoms with Crippen molar-refractivity contribution in [1.29, 1.82) is 0 Å². The van der Waals surface area contributed by atoms with Crippen LogP contribution >= 0.6 is 12.2 Å². The molecule has 0 atom stereocenters. The summed E-state index contributed by atoms with van der Waals surface area (Å²) in [7, 11) is 1.43. The number of hydrogen-bond acceptors (Lipinski definition) is 7. The van der Waals surface area contributed by atoms with Gasteiger partial charge in [-0.05, 0) is 32.1 Å². The van der Waals surface area contributed by atoms with Crippen LogP contribution in [0.2, 0.25) is 0 Å². The van der Waals surface area contributed by atoms with Crippen molar-refractivity contribution in [2.75, 3.05) is 7.11 Å². The highest BCUT2D eigenvalue weighted by molar-refractivity contribution is 7.71. The molecule has 1 aromatic carbocycles. The molecule has 0 radical (unpaired) electrons. The Morgan fingerprint density at radius 3 is 2.80 bits per heavy atom. The Morgan fingerprint density at radius 1 is 1.52 bits per heavy atom. The Labute approximate surface area is 149 Å². The molecule has 0 fully saturated rings. The number of nitrogens with zero attached hydrogens (tertiary/aromatic N) is 4. The highest BCUT2D eigenvalue weighted by Gasteiger charge is 2.23. The standard InChI is InChI=1S/C15H19N5O4S/c1-5-13-17-18-15(25)19(13)16-8-10-6-11(20(21)22)14(24-9(2)3)12(7-10)23-4/h6-9H,5H2,1-4H3,(H,18,25)/b16-8-. The summed E-state index contributed by atoms with van der Waals surface area (Å²) in [5.74, 6) is 1.01. The summed E-state index contributed by atoms with van der Waals surface area (Å²) >= 11 is 5.12. The van der Waals surface area contributed by atoms with Gasteiger partial charge in [-0.15, -0.1) is 0 Å². The minimum absolute atomic E-state index is 0.0915. The van der Waals surface area contributed by atoms with Crippen LogP contribution in [0.4, 0.5) is 5.69 Å². The number of aromatic nitrogens is 3. The van der Waals surface area contributed by atoms with Crippen molar-refractivity contribution >= 4 is 24.1 Å². The van der Waals surface area contributed by atoms with Crippen LogP contribution < -0.4 is 9.47 Å². The first-order valence-electron chi connectivity index (χ1n) is 7.61. The molecule has 0 aliphatic heterocycles. The highest BCUT2D eigenvalue weighted by Crippen LogP contribution is 2.38. The maximum absolute atomic E-state index is 11.4. The average molecular weight is 365 g/mol. The molecule has 0 saturated heterocycles. The molecule has 0 amide bonds. The second-order valence-electron chi connectivity index (χ2n) is 5.35. The minimum Gasteiger partial charge on any atom is -0.493 e. The van der Waals surface area contributed by atoms with Crippen molar-refractivity contribution in [3.63, 3.8) is 0 Å². The molecule has 0 bridgehead atoms. The summed E-state index contributed by atoms with van der Waals surface area (Å²) in [5, 5.41) is 22.4. The topological polar surface area (TPSA) is 108 Å². The molecule has 0 spiro atoms. The van der Waals surface area contributed by atoms with Gasteiger partial charge in [0.05, 0.1) is 24.4 Å². The van der Waals surface area contributed by atoms with E-state index in [1.54, 1.807) is 19.9 Å². The molecule has 1 heterocycles. The number of nitro benzene ring substituents is 1. The minimum atomic E-state index is -0.515. The lowest BCUT2D eigenvalue weighted by molar-refractivity contribution is -0.386. The molecule has 2 rings (SSSR count). The number of rotatable bonds is 7. The average Bonchev–Trinajstić information content (AvgIpc) is 2.92. The van der Waals surface area contributed by atoms with Gasteiger partial charge in [-0.3, -0.25) is 15.2 Å². The fourth-order valence-corrected chi connectivity index (χ4v) is 2.32. The number of hydrogen-bond donors (Lipinski definition) is 1. The van der Waals surface area contributed by atoms with E-state index in [1.165, 1.54) is 24.1 Å². The number of nitro groups is 1. The fraction of sp³-hybridized carbons (Fsp3) is 0.400. The Bertz CT molecular complexity index is 856. The van der Waals surface area contributed by atoms with E-state index in [9.17, 15) is 10.1 Å². The maximum atomic E-state index is 11.4. The molecule has 134 valence electrons. The first-order chi connectivity index (χ1) is 11.9. The van der Waals surface area contributed by atoms with Gasteiger partial charge in [0.1, 0.15) is 0 Å². The summed E-state index contributed by atoms with van der Waals surface area (Å²) < 4.78 is 12.6. The number of ether oxygens (including phenoxy) is 2. The molecule has 0 aliphatic carbocycles. The van der Waals surface area contributed by atoms with Crippen molar-refractivity contribution in [3.8, 4) is 11.5 Å². The predicted octanol–water partition coefficient (Wildman–Crippen LogP) is 3.09. The van der Waals surface area contributed by atoms with E-state index >= 15 is 0 Å². The largest absolute Gasteiger partial charge is 0.493 e. The summed E-state index contributed by atoms with van der Waals surface area (Å²) in [6.45, 7) is 5.49. The van der Waals surface area contributed by atoms with E-state index in [2.05, 4.69) is 15.3 Å². The summed E-state index contributed by atoms with van der Waals surface area (Å²) in [4.78, 5) is 10.9. The van der Waals surface area contributed by atoms with Crippen LogP contribution in [0.1, 0.15) is 32.2 Å². The van der Waals surface area contributed by atoms with Crippen molar-refractivity contribution in [2.24, 2.45) is 5.10 Å². The van der Waals surface area contributed by atoms with E-state index in [0.717, 1.165) is 0 Å². The van der Waals surface area contributed by atoms with Crippen molar-refractivity contribution in [1.82, 2.24) is 14.9 Å². The van der Waals surface area contributed by atoms with Crippen LogP contribution in [0.25, 0.3) is 0 Å². The summed E-state index contributed by atoms with van der Waals surface area (Å²) in [5.41, 5.74) is 0.283. The van der Waals surface area contributed by atoms with Gasteiger partial charge in [0.25, 0.3) is 0 Å². The lowest BCUT2D eigenvalue weighted by Crippen LogP contribution is -2.09. The Morgan fingerprint density at radius 2 is 2.24 bits per heavy atom. The Hall–Kier alpha value is -2.75. The molecule has 0 aliphatic rings. The van der Waals surface area contributed by atoms with Gasteiger partial charge in [0.2, 0.25) is 10.5 Å². The van der Waals surface area contributed by atoms with E-state index in [4.69, 9.17) is 21.7 Å². The third-order valence-electron chi connectivity index (χ3n) is 3.18. The summed E-state index contributed by atoms with van der Waals surface area (Å²) in [6.07, 6.45) is 1.86. The normalized spacial score (nSPS) is 11.2. The zero-order chi connectivity index (χ0) is 18.6. The van der Waals surface area contributed by atoms with Crippen molar-refractivity contribution in [2.45, 2.75) is 33.3 Å². The molecule has 0 saturated carbocycles. The van der Waals surface area contributed by atoms with Crippen LogP contribution in [0.5, 0.6) is 11.5 Å². The van der Waals surface area contributed by atoms with Crippen molar-refractivity contribution < 1.29 is 14.4 Å². The maximum Gasteiger partial charge on any atom is 0.315 e. The van der Waals surface area contributed by atoms with Crippen LogP contribution in [-0.2, 0) is 6.42 Å². The second kappa shape index (κ2) is 7.88. The van der Waals surface area contributed by atoms with E-state index in [-0.39, 0.29) is 23.3 Å². The van der Waals surface area contributed by atoms with Gasteiger partial charge >= 0.3 is 5.69 Å². The van der Waals surface area contributed by atoms with Gasteiger partial charge in [0, 0.05) is 18.1 Å². The van der Waals surface area contributed by atoms with Gasteiger partial charge < -0.3 is 9.47 Å². The molecule has 10 heteroatoms. The Balaban J connectivity index is 2.50. The zero-order valence-corrected chi connectivity index (χ0v) is 15.2. The molecular weight excluding hydrogens is 346 g/mol. The molecular formula is C15H19N5O4S. The lowest BCUT2D eigenvalue weighted by atomic mass is 10.2. The number of methoxy groups -OCH3 is 1. The van der Waals surface area contributed by atoms with E-state index in [0.29, 0.717) is 22.6 Å². The van der Waals surface area contributed by atoms with Gasteiger partial charge in [0.15, 0.2) is 11.6 Å².